The van der Waals surface area contributed by atoms with Crippen molar-refractivity contribution in [3.63, 3.8) is 0 Å². The third-order valence-electron chi connectivity index (χ3n) is 3.56. The number of nitrogens with zero attached hydrogens (tertiary/aromatic N) is 2. The Morgan fingerprint density at radius 2 is 1.65 bits per heavy atom. The number of alkyl halides is 3. The van der Waals surface area contributed by atoms with E-state index in [0.717, 1.165) is 12.1 Å². The number of rotatable bonds is 3. The number of hydrogen-bond donors (Lipinski definition) is 2. The van der Waals surface area contributed by atoms with Crippen LogP contribution in [0, 0.1) is 0 Å². The first-order valence-corrected chi connectivity index (χ1v) is 6.99. The second-order valence-electron chi connectivity index (χ2n) is 5.22. The average molecular weight is 330 g/mol. The van der Waals surface area contributed by atoms with Crippen molar-refractivity contribution >= 4 is 17.6 Å². The summed E-state index contributed by atoms with van der Waals surface area (Å²) in [6.07, 6.45) is -4.34. The largest absolute Gasteiger partial charge is 0.416 e. The lowest BCUT2D eigenvalue weighted by molar-refractivity contribution is -0.137. The molecule has 0 atom stereocenters. The number of urea groups is 1. The van der Waals surface area contributed by atoms with Crippen molar-refractivity contribution in [3.8, 4) is 0 Å². The van der Waals surface area contributed by atoms with Gasteiger partial charge < -0.3 is 10.6 Å². The molecule has 1 aliphatic heterocycles. The van der Waals surface area contributed by atoms with Crippen LogP contribution in [0.5, 0.6) is 0 Å². The van der Waals surface area contributed by atoms with Crippen molar-refractivity contribution in [1.82, 2.24) is 10.2 Å². The van der Waals surface area contributed by atoms with Crippen LogP contribution >= 0.6 is 0 Å². The SMILES string of the molecule is NC(=O)NC(=O)CN1CCN(c2ccc(C(F)(F)F)cc2)CC1. The van der Waals surface area contributed by atoms with Gasteiger partial charge in [-0.05, 0) is 24.3 Å². The van der Waals surface area contributed by atoms with Gasteiger partial charge in [0.2, 0.25) is 5.91 Å². The number of carbonyl (C=O) groups is 2. The molecular formula is C14H17F3N4O2. The second kappa shape index (κ2) is 6.86. The van der Waals surface area contributed by atoms with E-state index in [-0.39, 0.29) is 6.54 Å². The lowest BCUT2D eigenvalue weighted by Gasteiger charge is -2.35. The minimum absolute atomic E-state index is 0.0593. The first-order chi connectivity index (χ1) is 10.8. The third-order valence-corrected chi connectivity index (χ3v) is 3.56. The number of nitrogens with one attached hydrogen (secondary N) is 1. The quantitative estimate of drug-likeness (QED) is 0.867. The zero-order valence-electron chi connectivity index (χ0n) is 12.3. The smallest absolute Gasteiger partial charge is 0.369 e. The number of halogens is 3. The molecule has 0 unspecified atom stereocenters. The number of hydrogen-bond acceptors (Lipinski definition) is 4. The number of benzene rings is 1. The van der Waals surface area contributed by atoms with E-state index in [2.05, 4.69) is 0 Å². The molecule has 0 saturated carbocycles. The molecule has 1 aromatic carbocycles. The number of nitrogens with two attached hydrogens (primary N) is 1. The maximum atomic E-state index is 12.5. The number of carbonyl (C=O) groups excluding carboxylic acids is 2. The summed E-state index contributed by atoms with van der Waals surface area (Å²) in [5.41, 5.74) is 4.89. The third kappa shape index (κ3) is 4.85. The Morgan fingerprint density at radius 1 is 1.09 bits per heavy atom. The molecule has 1 saturated heterocycles. The van der Waals surface area contributed by atoms with Crippen LogP contribution in [-0.4, -0.2) is 49.6 Å². The molecule has 6 nitrogen and oxygen atoms in total. The highest BCUT2D eigenvalue weighted by Crippen LogP contribution is 2.30. The average Bonchev–Trinajstić information content (AvgIpc) is 2.46. The predicted octanol–water partition coefficient (Wildman–Crippen LogP) is 1.02. The number of primary amides is 1. The summed E-state index contributed by atoms with van der Waals surface area (Å²) >= 11 is 0. The highest BCUT2D eigenvalue weighted by atomic mass is 19.4. The van der Waals surface area contributed by atoms with Gasteiger partial charge in [-0.3, -0.25) is 15.0 Å². The minimum Gasteiger partial charge on any atom is -0.369 e. The predicted molar refractivity (Wildman–Crippen MR) is 77.8 cm³/mol. The van der Waals surface area contributed by atoms with Gasteiger partial charge in [-0.25, -0.2) is 4.79 Å². The number of imide groups is 1. The summed E-state index contributed by atoms with van der Waals surface area (Å²) in [6, 6.07) is 4.11. The molecule has 0 radical (unpaired) electrons. The first kappa shape index (κ1) is 17.1. The van der Waals surface area contributed by atoms with Crippen molar-refractivity contribution in [2.75, 3.05) is 37.6 Å². The van der Waals surface area contributed by atoms with Gasteiger partial charge in [0.1, 0.15) is 0 Å². The molecule has 23 heavy (non-hydrogen) atoms. The molecule has 126 valence electrons. The van der Waals surface area contributed by atoms with Crippen molar-refractivity contribution < 1.29 is 22.8 Å². The van der Waals surface area contributed by atoms with Crippen LogP contribution in [0.4, 0.5) is 23.7 Å². The normalized spacial score (nSPS) is 16.2. The van der Waals surface area contributed by atoms with Crippen LogP contribution in [0.15, 0.2) is 24.3 Å². The molecule has 9 heteroatoms. The van der Waals surface area contributed by atoms with E-state index in [0.29, 0.717) is 31.9 Å². The number of anilines is 1. The van der Waals surface area contributed by atoms with Crippen LogP contribution in [0.2, 0.25) is 0 Å². The molecule has 1 fully saturated rings. The Morgan fingerprint density at radius 3 is 2.13 bits per heavy atom. The number of piperazine rings is 1. The lowest BCUT2D eigenvalue weighted by atomic mass is 10.1. The molecule has 0 spiro atoms. The van der Waals surface area contributed by atoms with Gasteiger partial charge in [0.25, 0.3) is 0 Å². The van der Waals surface area contributed by atoms with Crippen molar-refractivity contribution in [1.29, 1.82) is 0 Å². The van der Waals surface area contributed by atoms with Crippen molar-refractivity contribution in [3.05, 3.63) is 29.8 Å². The molecule has 0 aliphatic carbocycles. The fourth-order valence-electron chi connectivity index (χ4n) is 2.41. The van der Waals surface area contributed by atoms with E-state index in [1.807, 2.05) is 15.1 Å². The lowest BCUT2D eigenvalue weighted by Crippen LogP contribution is -2.50. The molecule has 0 aromatic heterocycles. The molecule has 1 heterocycles. The topological polar surface area (TPSA) is 78.7 Å². The van der Waals surface area contributed by atoms with Crippen LogP contribution in [0.3, 0.4) is 0 Å². The van der Waals surface area contributed by atoms with E-state index in [9.17, 15) is 22.8 Å². The highest BCUT2D eigenvalue weighted by Gasteiger charge is 2.30. The summed E-state index contributed by atoms with van der Waals surface area (Å²) in [5, 5.41) is 1.99. The van der Waals surface area contributed by atoms with Gasteiger partial charge >= 0.3 is 12.2 Å². The monoisotopic (exact) mass is 330 g/mol. The zero-order valence-corrected chi connectivity index (χ0v) is 12.3. The fourth-order valence-corrected chi connectivity index (χ4v) is 2.41. The Kier molecular flexibility index (Phi) is 5.09. The Balaban J connectivity index is 1.87. The maximum absolute atomic E-state index is 12.5. The summed E-state index contributed by atoms with van der Waals surface area (Å²) in [6.45, 7) is 2.34. The van der Waals surface area contributed by atoms with Crippen LogP contribution in [0.25, 0.3) is 0 Å². The summed E-state index contributed by atoms with van der Waals surface area (Å²) < 4.78 is 37.6. The Bertz CT molecular complexity index is 566. The molecule has 1 aromatic rings. The molecule has 1 aliphatic rings. The first-order valence-electron chi connectivity index (χ1n) is 6.99. The van der Waals surface area contributed by atoms with E-state index in [1.165, 1.54) is 12.1 Å². The van der Waals surface area contributed by atoms with E-state index >= 15 is 0 Å². The molecule has 0 bridgehead atoms. The van der Waals surface area contributed by atoms with E-state index < -0.39 is 23.7 Å². The van der Waals surface area contributed by atoms with Gasteiger partial charge in [0.15, 0.2) is 0 Å². The maximum Gasteiger partial charge on any atom is 0.416 e. The van der Waals surface area contributed by atoms with Crippen LogP contribution in [-0.2, 0) is 11.0 Å². The van der Waals surface area contributed by atoms with Gasteiger partial charge in [0.05, 0.1) is 12.1 Å². The zero-order chi connectivity index (χ0) is 17.0. The van der Waals surface area contributed by atoms with Crippen molar-refractivity contribution in [2.24, 2.45) is 5.73 Å². The van der Waals surface area contributed by atoms with Gasteiger partial charge in [-0.2, -0.15) is 13.2 Å². The molecular weight excluding hydrogens is 313 g/mol. The number of amides is 3. The summed E-state index contributed by atoms with van der Waals surface area (Å²) in [4.78, 5) is 25.8. The molecule has 3 amide bonds. The second-order valence-corrected chi connectivity index (χ2v) is 5.22. The van der Waals surface area contributed by atoms with Crippen LogP contribution < -0.4 is 16.0 Å². The van der Waals surface area contributed by atoms with Gasteiger partial charge in [0, 0.05) is 31.9 Å². The Hall–Kier alpha value is -2.29. The standard InChI is InChI=1S/C14H17F3N4O2/c15-14(16,17)10-1-3-11(4-2-10)21-7-5-20(6-8-21)9-12(22)19-13(18)23/h1-4H,5-9H2,(H3,18,19,22,23). The summed E-state index contributed by atoms with van der Waals surface area (Å²) in [5.74, 6) is -0.472. The van der Waals surface area contributed by atoms with Crippen molar-refractivity contribution in [2.45, 2.75) is 6.18 Å². The highest BCUT2D eigenvalue weighted by molar-refractivity contribution is 5.94. The summed E-state index contributed by atoms with van der Waals surface area (Å²) in [7, 11) is 0. The van der Waals surface area contributed by atoms with E-state index in [4.69, 9.17) is 5.73 Å². The molecule has 2 rings (SSSR count). The van der Waals surface area contributed by atoms with Gasteiger partial charge in [-0.1, -0.05) is 0 Å². The van der Waals surface area contributed by atoms with Crippen LogP contribution in [0.1, 0.15) is 5.56 Å². The Labute approximate surface area is 131 Å². The molecule has 3 N–H and O–H groups in total. The fraction of sp³-hybridized carbons (Fsp3) is 0.429. The van der Waals surface area contributed by atoms with Gasteiger partial charge in [-0.15, -0.1) is 0 Å². The van der Waals surface area contributed by atoms with E-state index in [1.54, 1.807) is 0 Å². The minimum atomic E-state index is -4.34.